The molecule has 0 aliphatic heterocycles. The van der Waals surface area contributed by atoms with E-state index in [4.69, 9.17) is 0 Å². The summed E-state index contributed by atoms with van der Waals surface area (Å²) in [5.74, 6) is 0.113. The standard InChI is InChI=1S/C16H17NO2/c1-12-7-9-14(18)11-15(12)17-16(19)10-8-13-5-3-2-4-6-13/h2-7,9,11,18H,8,10H2,1H3,(H,17,19). The zero-order chi connectivity index (χ0) is 13.7. The van der Waals surface area contributed by atoms with Gasteiger partial charge in [-0.3, -0.25) is 4.79 Å². The maximum Gasteiger partial charge on any atom is 0.224 e. The van der Waals surface area contributed by atoms with Gasteiger partial charge in [0.1, 0.15) is 5.75 Å². The van der Waals surface area contributed by atoms with E-state index in [2.05, 4.69) is 5.32 Å². The van der Waals surface area contributed by atoms with E-state index in [9.17, 15) is 9.90 Å². The van der Waals surface area contributed by atoms with E-state index in [0.29, 0.717) is 18.5 Å². The third-order valence-corrected chi connectivity index (χ3v) is 2.98. The topological polar surface area (TPSA) is 49.3 Å². The lowest BCUT2D eigenvalue weighted by Gasteiger charge is -2.08. The molecule has 0 bridgehead atoms. The van der Waals surface area contributed by atoms with Crippen LogP contribution >= 0.6 is 0 Å². The van der Waals surface area contributed by atoms with Crippen LogP contribution in [0.2, 0.25) is 0 Å². The van der Waals surface area contributed by atoms with E-state index in [0.717, 1.165) is 11.1 Å². The van der Waals surface area contributed by atoms with Gasteiger partial charge in [0.15, 0.2) is 0 Å². The van der Waals surface area contributed by atoms with Crippen LogP contribution in [0.5, 0.6) is 5.75 Å². The first-order valence-corrected chi connectivity index (χ1v) is 6.28. The molecule has 0 fully saturated rings. The number of benzene rings is 2. The predicted octanol–water partition coefficient (Wildman–Crippen LogP) is 3.27. The molecule has 0 aliphatic rings. The molecule has 0 saturated carbocycles. The number of carbonyl (C=O) groups excluding carboxylic acids is 1. The highest BCUT2D eigenvalue weighted by molar-refractivity contribution is 5.91. The number of hydrogen-bond acceptors (Lipinski definition) is 2. The SMILES string of the molecule is Cc1ccc(O)cc1NC(=O)CCc1ccccc1. The summed E-state index contributed by atoms with van der Waals surface area (Å²) in [5, 5.41) is 12.2. The van der Waals surface area contributed by atoms with Crippen molar-refractivity contribution in [1.29, 1.82) is 0 Å². The number of nitrogens with one attached hydrogen (secondary N) is 1. The molecule has 0 radical (unpaired) electrons. The van der Waals surface area contributed by atoms with Gasteiger partial charge in [0, 0.05) is 18.2 Å². The van der Waals surface area contributed by atoms with Gasteiger partial charge >= 0.3 is 0 Å². The predicted molar refractivity (Wildman–Crippen MR) is 76.2 cm³/mol. The molecule has 1 amide bonds. The van der Waals surface area contributed by atoms with Gasteiger partial charge in [-0.05, 0) is 30.5 Å². The normalized spacial score (nSPS) is 10.2. The Labute approximate surface area is 112 Å². The molecule has 2 N–H and O–H groups in total. The number of carbonyl (C=O) groups is 1. The zero-order valence-corrected chi connectivity index (χ0v) is 10.9. The van der Waals surface area contributed by atoms with E-state index in [-0.39, 0.29) is 11.7 Å². The first kappa shape index (κ1) is 13.1. The molecule has 2 aromatic carbocycles. The van der Waals surface area contributed by atoms with E-state index in [1.165, 1.54) is 0 Å². The number of phenols is 1. The van der Waals surface area contributed by atoms with E-state index < -0.39 is 0 Å². The summed E-state index contributed by atoms with van der Waals surface area (Å²) in [6.07, 6.45) is 1.14. The maximum atomic E-state index is 11.9. The van der Waals surface area contributed by atoms with Gasteiger partial charge in [0.25, 0.3) is 0 Å². The average Bonchev–Trinajstić information content (AvgIpc) is 2.42. The fraction of sp³-hybridized carbons (Fsp3) is 0.188. The summed E-state index contributed by atoms with van der Waals surface area (Å²) in [6.45, 7) is 1.90. The fourth-order valence-corrected chi connectivity index (χ4v) is 1.86. The van der Waals surface area contributed by atoms with Gasteiger partial charge in [0.05, 0.1) is 0 Å². The summed E-state index contributed by atoms with van der Waals surface area (Å²) >= 11 is 0. The molecule has 0 atom stereocenters. The average molecular weight is 255 g/mol. The molecule has 0 heterocycles. The highest BCUT2D eigenvalue weighted by Gasteiger charge is 2.06. The van der Waals surface area contributed by atoms with E-state index >= 15 is 0 Å². The molecule has 3 nitrogen and oxygen atoms in total. The van der Waals surface area contributed by atoms with Crippen molar-refractivity contribution in [2.45, 2.75) is 19.8 Å². The van der Waals surface area contributed by atoms with Crippen molar-refractivity contribution in [3.05, 3.63) is 59.7 Å². The Morgan fingerprint density at radius 3 is 2.63 bits per heavy atom. The number of rotatable bonds is 4. The van der Waals surface area contributed by atoms with Crippen molar-refractivity contribution in [1.82, 2.24) is 0 Å². The van der Waals surface area contributed by atoms with Crippen LogP contribution in [0, 0.1) is 6.92 Å². The lowest BCUT2D eigenvalue weighted by Crippen LogP contribution is -2.13. The summed E-state index contributed by atoms with van der Waals surface area (Å²) < 4.78 is 0. The van der Waals surface area contributed by atoms with Crippen molar-refractivity contribution < 1.29 is 9.90 Å². The highest BCUT2D eigenvalue weighted by atomic mass is 16.3. The Morgan fingerprint density at radius 1 is 1.16 bits per heavy atom. The molecule has 2 aromatic rings. The first-order valence-electron chi connectivity index (χ1n) is 6.28. The van der Waals surface area contributed by atoms with E-state index in [1.54, 1.807) is 18.2 Å². The number of anilines is 1. The van der Waals surface area contributed by atoms with Crippen LogP contribution in [0.4, 0.5) is 5.69 Å². The minimum atomic E-state index is -0.0439. The lowest BCUT2D eigenvalue weighted by atomic mass is 10.1. The Balaban J connectivity index is 1.93. The molecule has 19 heavy (non-hydrogen) atoms. The van der Waals surface area contributed by atoms with Crippen LogP contribution in [0.15, 0.2) is 48.5 Å². The van der Waals surface area contributed by atoms with Gasteiger partial charge in [-0.15, -0.1) is 0 Å². The Kier molecular flexibility index (Phi) is 4.18. The van der Waals surface area contributed by atoms with Crippen molar-refractivity contribution >= 4 is 11.6 Å². The van der Waals surface area contributed by atoms with Crippen molar-refractivity contribution in [3.63, 3.8) is 0 Å². The number of phenolic OH excluding ortho intramolecular Hbond substituents is 1. The lowest BCUT2D eigenvalue weighted by molar-refractivity contribution is -0.116. The molecule has 0 spiro atoms. The quantitative estimate of drug-likeness (QED) is 0.880. The maximum absolute atomic E-state index is 11.9. The third-order valence-electron chi connectivity index (χ3n) is 2.98. The van der Waals surface area contributed by atoms with Gasteiger partial charge in [-0.2, -0.15) is 0 Å². The van der Waals surface area contributed by atoms with Crippen molar-refractivity contribution in [2.24, 2.45) is 0 Å². The molecular weight excluding hydrogens is 238 g/mol. The minimum Gasteiger partial charge on any atom is -0.508 e. The molecule has 0 aromatic heterocycles. The molecular formula is C16H17NO2. The number of aromatic hydroxyl groups is 1. The van der Waals surface area contributed by atoms with Crippen molar-refractivity contribution in [2.75, 3.05) is 5.32 Å². The Morgan fingerprint density at radius 2 is 1.89 bits per heavy atom. The Hall–Kier alpha value is -2.29. The van der Waals surface area contributed by atoms with Crippen LogP contribution < -0.4 is 5.32 Å². The van der Waals surface area contributed by atoms with Crippen LogP contribution in [0.1, 0.15) is 17.5 Å². The van der Waals surface area contributed by atoms with Gasteiger partial charge < -0.3 is 10.4 Å². The van der Waals surface area contributed by atoms with Crippen LogP contribution in [0.25, 0.3) is 0 Å². The molecule has 0 aliphatic carbocycles. The second-order valence-electron chi connectivity index (χ2n) is 4.53. The number of hydrogen-bond donors (Lipinski definition) is 2. The van der Waals surface area contributed by atoms with Crippen LogP contribution in [-0.2, 0) is 11.2 Å². The number of amides is 1. The third kappa shape index (κ3) is 3.85. The van der Waals surface area contributed by atoms with Gasteiger partial charge in [0.2, 0.25) is 5.91 Å². The minimum absolute atomic E-state index is 0.0439. The zero-order valence-electron chi connectivity index (χ0n) is 10.9. The summed E-state index contributed by atoms with van der Waals surface area (Å²) in [5.41, 5.74) is 2.74. The molecule has 0 unspecified atom stereocenters. The van der Waals surface area contributed by atoms with E-state index in [1.807, 2.05) is 37.3 Å². The van der Waals surface area contributed by atoms with Crippen molar-refractivity contribution in [3.8, 4) is 5.75 Å². The first-order chi connectivity index (χ1) is 9.15. The molecule has 3 heteroatoms. The van der Waals surface area contributed by atoms with Gasteiger partial charge in [-0.1, -0.05) is 36.4 Å². The van der Waals surface area contributed by atoms with Crippen LogP contribution in [-0.4, -0.2) is 11.0 Å². The smallest absolute Gasteiger partial charge is 0.224 e. The largest absolute Gasteiger partial charge is 0.508 e. The molecule has 98 valence electrons. The second kappa shape index (κ2) is 6.05. The second-order valence-corrected chi connectivity index (χ2v) is 4.53. The summed E-state index contributed by atoms with van der Waals surface area (Å²) in [7, 11) is 0. The fourth-order valence-electron chi connectivity index (χ4n) is 1.86. The molecule has 2 rings (SSSR count). The number of aryl methyl sites for hydroxylation is 2. The molecule has 0 saturated heterocycles. The van der Waals surface area contributed by atoms with Gasteiger partial charge in [-0.25, -0.2) is 0 Å². The monoisotopic (exact) mass is 255 g/mol. The summed E-state index contributed by atoms with van der Waals surface area (Å²) in [4.78, 5) is 11.9. The Bertz CT molecular complexity index is 564. The highest BCUT2D eigenvalue weighted by Crippen LogP contribution is 2.21. The summed E-state index contributed by atoms with van der Waals surface area (Å²) in [6, 6.07) is 14.9. The van der Waals surface area contributed by atoms with Crippen LogP contribution in [0.3, 0.4) is 0 Å².